The van der Waals surface area contributed by atoms with Crippen molar-refractivity contribution in [1.29, 1.82) is 0 Å². The van der Waals surface area contributed by atoms with E-state index in [0.717, 1.165) is 19.4 Å². The molecular weight excluding hydrogens is 206 g/mol. The Morgan fingerprint density at radius 1 is 1.44 bits per heavy atom. The van der Waals surface area contributed by atoms with Crippen LogP contribution >= 0.6 is 0 Å². The Kier molecular flexibility index (Phi) is 4.19. The third-order valence-electron chi connectivity index (χ3n) is 3.83. The molecule has 1 aliphatic carbocycles. The zero-order valence-electron chi connectivity index (χ0n) is 10.1. The van der Waals surface area contributed by atoms with E-state index in [2.05, 4.69) is 5.32 Å². The van der Waals surface area contributed by atoms with Crippen LogP contribution in [0.25, 0.3) is 0 Å². The average Bonchev–Trinajstić information content (AvgIpc) is 3.04. The van der Waals surface area contributed by atoms with Crippen LogP contribution in [0.4, 0.5) is 0 Å². The summed E-state index contributed by atoms with van der Waals surface area (Å²) in [6.07, 6.45) is 4.92. The van der Waals surface area contributed by atoms with Gasteiger partial charge in [-0.15, -0.1) is 0 Å². The largest absolute Gasteiger partial charge is 0.394 e. The molecule has 1 saturated carbocycles. The standard InChI is InChI=1S/C12H23NO3/c1-13-12(8-14,10-4-5-10)9-15-7-11-3-2-6-16-11/h10-11,13-14H,2-9H2,1H3. The molecule has 0 aromatic heterocycles. The molecule has 2 N–H and O–H groups in total. The van der Waals surface area contributed by atoms with Crippen molar-refractivity contribution in [2.75, 3.05) is 33.5 Å². The van der Waals surface area contributed by atoms with Crippen molar-refractivity contribution in [3.05, 3.63) is 0 Å². The maximum absolute atomic E-state index is 9.51. The number of aliphatic hydroxyl groups excluding tert-OH is 1. The average molecular weight is 229 g/mol. The van der Waals surface area contributed by atoms with Gasteiger partial charge in [0.25, 0.3) is 0 Å². The van der Waals surface area contributed by atoms with Crippen LogP contribution in [-0.4, -0.2) is 50.2 Å². The molecular formula is C12H23NO3. The van der Waals surface area contributed by atoms with E-state index in [4.69, 9.17) is 9.47 Å². The highest BCUT2D eigenvalue weighted by Crippen LogP contribution is 2.39. The van der Waals surface area contributed by atoms with Crippen molar-refractivity contribution in [2.24, 2.45) is 5.92 Å². The predicted molar refractivity (Wildman–Crippen MR) is 61.4 cm³/mol. The number of hydrogen-bond donors (Lipinski definition) is 2. The van der Waals surface area contributed by atoms with Gasteiger partial charge in [-0.25, -0.2) is 0 Å². The summed E-state index contributed by atoms with van der Waals surface area (Å²) in [4.78, 5) is 0. The normalized spacial score (nSPS) is 29.2. The number of hydrogen-bond acceptors (Lipinski definition) is 4. The van der Waals surface area contributed by atoms with E-state index in [9.17, 15) is 5.11 Å². The topological polar surface area (TPSA) is 50.7 Å². The van der Waals surface area contributed by atoms with Crippen molar-refractivity contribution >= 4 is 0 Å². The van der Waals surface area contributed by atoms with Gasteiger partial charge in [-0.2, -0.15) is 0 Å². The third-order valence-corrected chi connectivity index (χ3v) is 3.83. The van der Waals surface area contributed by atoms with Crippen LogP contribution in [0.5, 0.6) is 0 Å². The Hall–Kier alpha value is -0.160. The fourth-order valence-electron chi connectivity index (χ4n) is 2.43. The molecule has 2 fully saturated rings. The SMILES string of the molecule is CNC(CO)(COCC1CCCO1)C1CC1. The fraction of sp³-hybridized carbons (Fsp3) is 1.00. The zero-order valence-corrected chi connectivity index (χ0v) is 10.1. The third kappa shape index (κ3) is 2.74. The minimum Gasteiger partial charge on any atom is -0.394 e. The molecule has 0 radical (unpaired) electrons. The van der Waals surface area contributed by atoms with Crippen LogP contribution in [0.2, 0.25) is 0 Å². The second kappa shape index (κ2) is 5.45. The van der Waals surface area contributed by atoms with Gasteiger partial charge in [-0.1, -0.05) is 0 Å². The molecule has 0 amide bonds. The second-order valence-corrected chi connectivity index (χ2v) is 4.99. The summed E-state index contributed by atoms with van der Waals surface area (Å²) < 4.78 is 11.2. The highest BCUT2D eigenvalue weighted by Gasteiger charge is 2.44. The summed E-state index contributed by atoms with van der Waals surface area (Å²) in [5.74, 6) is 0.576. The zero-order chi connectivity index (χ0) is 11.4. The van der Waals surface area contributed by atoms with Gasteiger partial charge >= 0.3 is 0 Å². The summed E-state index contributed by atoms with van der Waals surface area (Å²) in [5.41, 5.74) is -0.224. The molecule has 0 bridgehead atoms. The van der Waals surface area contributed by atoms with Gasteiger partial charge in [0.1, 0.15) is 0 Å². The molecule has 1 saturated heterocycles. The molecule has 2 rings (SSSR count). The van der Waals surface area contributed by atoms with Crippen molar-refractivity contribution in [1.82, 2.24) is 5.32 Å². The summed E-state index contributed by atoms with van der Waals surface area (Å²) in [5, 5.41) is 12.7. The van der Waals surface area contributed by atoms with Crippen LogP contribution in [0, 0.1) is 5.92 Å². The first-order valence-electron chi connectivity index (χ1n) is 6.30. The molecule has 2 unspecified atom stereocenters. The monoisotopic (exact) mass is 229 g/mol. The Labute approximate surface area is 97.3 Å². The van der Waals surface area contributed by atoms with Gasteiger partial charge in [-0.05, 0) is 38.6 Å². The summed E-state index contributed by atoms with van der Waals surface area (Å²) in [6, 6.07) is 0. The van der Waals surface area contributed by atoms with Gasteiger partial charge in [0.2, 0.25) is 0 Å². The fourth-order valence-corrected chi connectivity index (χ4v) is 2.43. The van der Waals surface area contributed by atoms with Gasteiger partial charge in [0, 0.05) is 6.61 Å². The number of aliphatic hydroxyl groups is 1. The number of nitrogens with one attached hydrogen (secondary N) is 1. The molecule has 94 valence electrons. The van der Waals surface area contributed by atoms with Gasteiger partial charge in [0.05, 0.1) is 31.5 Å². The maximum atomic E-state index is 9.51. The molecule has 16 heavy (non-hydrogen) atoms. The minimum absolute atomic E-state index is 0.152. The van der Waals surface area contributed by atoms with Gasteiger partial charge in [-0.3, -0.25) is 0 Å². The predicted octanol–water partition coefficient (Wildman–Crippen LogP) is 0.542. The molecule has 4 heteroatoms. The first-order chi connectivity index (χ1) is 7.80. The van der Waals surface area contributed by atoms with Crippen LogP contribution in [0.15, 0.2) is 0 Å². The van der Waals surface area contributed by atoms with Crippen molar-refractivity contribution < 1.29 is 14.6 Å². The van der Waals surface area contributed by atoms with Crippen LogP contribution in [0.1, 0.15) is 25.7 Å². The number of ether oxygens (including phenoxy) is 2. The molecule has 2 aliphatic rings. The molecule has 0 aromatic carbocycles. The summed E-state index contributed by atoms with van der Waals surface area (Å²) in [6.45, 7) is 2.27. The van der Waals surface area contributed by atoms with Crippen molar-refractivity contribution in [3.63, 3.8) is 0 Å². The highest BCUT2D eigenvalue weighted by atomic mass is 16.5. The maximum Gasteiger partial charge on any atom is 0.0809 e. The van der Waals surface area contributed by atoms with E-state index >= 15 is 0 Å². The molecule has 1 heterocycles. The van der Waals surface area contributed by atoms with Crippen molar-refractivity contribution in [2.45, 2.75) is 37.3 Å². The Morgan fingerprint density at radius 2 is 2.25 bits per heavy atom. The molecule has 2 atom stereocenters. The van der Waals surface area contributed by atoms with Gasteiger partial charge < -0.3 is 19.9 Å². The second-order valence-electron chi connectivity index (χ2n) is 4.99. The number of likely N-dealkylation sites (N-methyl/N-ethyl adjacent to an activating group) is 1. The lowest BCUT2D eigenvalue weighted by Gasteiger charge is -2.31. The molecule has 0 spiro atoms. The molecule has 0 aromatic rings. The van der Waals surface area contributed by atoms with E-state index in [1.54, 1.807) is 0 Å². The first-order valence-corrected chi connectivity index (χ1v) is 6.30. The Bertz CT molecular complexity index is 208. The van der Waals surface area contributed by atoms with E-state index in [1.807, 2.05) is 7.05 Å². The first kappa shape index (κ1) is 12.3. The smallest absolute Gasteiger partial charge is 0.0809 e. The Balaban J connectivity index is 1.72. The molecule has 1 aliphatic heterocycles. The van der Waals surface area contributed by atoms with Gasteiger partial charge in [0.15, 0.2) is 0 Å². The lowest BCUT2D eigenvalue weighted by atomic mass is 9.95. The quantitative estimate of drug-likeness (QED) is 0.669. The van der Waals surface area contributed by atoms with Crippen molar-refractivity contribution in [3.8, 4) is 0 Å². The Morgan fingerprint density at radius 3 is 2.75 bits per heavy atom. The van der Waals surface area contributed by atoms with Crippen LogP contribution < -0.4 is 5.32 Å². The highest BCUT2D eigenvalue weighted by molar-refractivity contribution is 5.00. The van der Waals surface area contributed by atoms with E-state index in [1.165, 1.54) is 12.8 Å². The summed E-state index contributed by atoms with van der Waals surface area (Å²) in [7, 11) is 1.91. The van der Waals surface area contributed by atoms with E-state index in [0.29, 0.717) is 19.1 Å². The minimum atomic E-state index is -0.224. The van der Waals surface area contributed by atoms with E-state index < -0.39 is 0 Å². The molecule has 4 nitrogen and oxygen atoms in total. The lowest BCUT2D eigenvalue weighted by molar-refractivity contribution is -0.0214. The van der Waals surface area contributed by atoms with Crippen LogP contribution in [0.3, 0.4) is 0 Å². The summed E-state index contributed by atoms with van der Waals surface area (Å²) >= 11 is 0. The lowest BCUT2D eigenvalue weighted by Crippen LogP contribution is -2.52. The van der Waals surface area contributed by atoms with Crippen LogP contribution in [-0.2, 0) is 9.47 Å². The van der Waals surface area contributed by atoms with E-state index in [-0.39, 0.29) is 18.2 Å². The number of rotatable bonds is 7.